The number of hydrogen-bond donors (Lipinski definition) is 1. The number of nitrogens with zero attached hydrogens (tertiary/aromatic N) is 2. The highest BCUT2D eigenvalue weighted by atomic mass is 16.5. The van der Waals surface area contributed by atoms with E-state index in [1.807, 2.05) is 67.1 Å². The number of methoxy groups -OCH3 is 2. The minimum absolute atomic E-state index is 0.320. The molecule has 0 saturated heterocycles. The molecule has 6 heteroatoms. The van der Waals surface area contributed by atoms with Crippen LogP contribution in [0.5, 0.6) is 11.5 Å². The maximum Gasteiger partial charge on any atom is 0.275 e. The molecule has 0 aliphatic carbocycles. The van der Waals surface area contributed by atoms with E-state index >= 15 is 0 Å². The van der Waals surface area contributed by atoms with Crippen LogP contribution in [0.3, 0.4) is 0 Å². The van der Waals surface area contributed by atoms with Gasteiger partial charge in [-0.2, -0.15) is 5.10 Å². The Hall–Kier alpha value is -3.54. The van der Waals surface area contributed by atoms with E-state index in [0.717, 1.165) is 28.3 Å². The summed E-state index contributed by atoms with van der Waals surface area (Å²) >= 11 is 0. The quantitative estimate of drug-likeness (QED) is 0.524. The van der Waals surface area contributed by atoms with E-state index in [1.54, 1.807) is 26.5 Å². The largest absolute Gasteiger partial charge is 0.497 e. The van der Waals surface area contributed by atoms with Crippen LogP contribution < -0.4 is 14.9 Å². The molecule has 0 saturated carbocycles. The first-order valence-electron chi connectivity index (χ1n) is 8.83. The molecule has 0 radical (unpaired) electrons. The number of ether oxygens (including phenoxy) is 2. The maximum atomic E-state index is 12.4. The molecule has 2 aromatic carbocycles. The van der Waals surface area contributed by atoms with Gasteiger partial charge in [0.15, 0.2) is 0 Å². The zero-order valence-corrected chi connectivity index (χ0v) is 16.4. The normalized spacial score (nSPS) is 10.9. The third kappa shape index (κ3) is 4.23. The summed E-state index contributed by atoms with van der Waals surface area (Å²) in [6.45, 7) is 3.95. The topological polar surface area (TPSA) is 64.8 Å². The molecule has 0 fully saturated rings. The Kier molecular flexibility index (Phi) is 5.79. The number of nitrogens with one attached hydrogen (secondary N) is 1. The highest BCUT2D eigenvalue weighted by Gasteiger charge is 2.11. The van der Waals surface area contributed by atoms with Gasteiger partial charge in [-0.25, -0.2) is 5.43 Å². The van der Waals surface area contributed by atoms with Crippen molar-refractivity contribution >= 4 is 12.1 Å². The van der Waals surface area contributed by atoms with Crippen molar-refractivity contribution in [3.63, 3.8) is 0 Å². The average molecular weight is 377 g/mol. The molecule has 0 spiro atoms. The Morgan fingerprint density at radius 3 is 2.46 bits per heavy atom. The number of aryl methyl sites for hydroxylation is 2. The van der Waals surface area contributed by atoms with Crippen molar-refractivity contribution in [2.45, 2.75) is 13.8 Å². The number of aromatic nitrogens is 1. The van der Waals surface area contributed by atoms with E-state index < -0.39 is 0 Å². The number of benzene rings is 2. The van der Waals surface area contributed by atoms with Crippen LogP contribution in [0.2, 0.25) is 0 Å². The van der Waals surface area contributed by atoms with Crippen LogP contribution in [0.1, 0.15) is 27.2 Å². The summed E-state index contributed by atoms with van der Waals surface area (Å²) in [5, 5.41) is 4.08. The molecule has 1 N–H and O–H groups in total. The van der Waals surface area contributed by atoms with Crippen LogP contribution in [0.25, 0.3) is 5.69 Å². The van der Waals surface area contributed by atoms with Gasteiger partial charge in [0.05, 0.1) is 26.0 Å². The van der Waals surface area contributed by atoms with Gasteiger partial charge >= 0.3 is 0 Å². The zero-order valence-electron chi connectivity index (χ0n) is 16.4. The molecule has 1 heterocycles. The minimum atomic E-state index is -0.320. The van der Waals surface area contributed by atoms with Crippen LogP contribution in [0.4, 0.5) is 0 Å². The Bertz CT molecular complexity index is 1000. The minimum Gasteiger partial charge on any atom is -0.497 e. The van der Waals surface area contributed by atoms with Gasteiger partial charge in [-0.1, -0.05) is 6.07 Å². The Morgan fingerprint density at radius 2 is 1.79 bits per heavy atom. The SMILES string of the molecule is COc1ccc(-n2cc(/C=N\NC(=O)c3ccc(C)cc3OC)cc2C)cc1. The molecule has 0 atom stereocenters. The lowest BCUT2D eigenvalue weighted by atomic mass is 10.1. The number of carbonyl (C=O) groups excluding carboxylic acids is 1. The molecular weight excluding hydrogens is 354 g/mol. The Morgan fingerprint density at radius 1 is 1.04 bits per heavy atom. The first-order chi connectivity index (χ1) is 13.5. The van der Waals surface area contributed by atoms with Crippen LogP contribution in [0, 0.1) is 13.8 Å². The fourth-order valence-corrected chi connectivity index (χ4v) is 2.90. The summed E-state index contributed by atoms with van der Waals surface area (Å²) in [6, 6.07) is 15.2. The molecular formula is C22H23N3O3. The summed E-state index contributed by atoms with van der Waals surface area (Å²) in [5.41, 5.74) is 6.97. The van der Waals surface area contributed by atoms with Gasteiger partial charge in [-0.3, -0.25) is 4.79 Å². The fourth-order valence-electron chi connectivity index (χ4n) is 2.90. The van der Waals surface area contributed by atoms with Gasteiger partial charge in [0.1, 0.15) is 11.5 Å². The third-order valence-corrected chi connectivity index (χ3v) is 4.37. The smallest absolute Gasteiger partial charge is 0.275 e. The van der Waals surface area contributed by atoms with Crippen molar-refractivity contribution in [3.05, 3.63) is 77.1 Å². The van der Waals surface area contributed by atoms with E-state index in [4.69, 9.17) is 9.47 Å². The maximum absolute atomic E-state index is 12.4. The lowest BCUT2D eigenvalue weighted by molar-refractivity contribution is 0.0952. The molecule has 3 aromatic rings. The lowest BCUT2D eigenvalue weighted by Crippen LogP contribution is -2.18. The summed E-state index contributed by atoms with van der Waals surface area (Å²) < 4.78 is 12.5. The summed E-state index contributed by atoms with van der Waals surface area (Å²) in [7, 11) is 3.18. The standard InChI is InChI=1S/C22H23N3O3/c1-15-5-10-20(21(11-15)28-4)22(26)24-23-13-17-12-16(2)25(14-17)18-6-8-19(27-3)9-7-18/h5-14H,1-4H3,(H,24,26)/b23-13-. The van der Waals surface area contributed by atoms with Crippen LogP contribution in [-0.4, -0.2) is 30.9 Å². The van der Waals surface area contributed by atoms with E-state index in [9.17, 15) is 4.79 Å². The first kappa shape index (κ1) is 19.2. The van der Waals surface area contributed by atoms with Crippen molar-refractivity contribution in [2.24, 2.45) is 5.10 Å². The third-order valence-electron chi connectivity index (χ3n) is 4.37. The summed E-state index contributed by atoms with van der Waals surface area (Å²) in [6.07, 6.45) is 3.57. The molecule has 3 rings (SSSR count). The Labute approximate surface area is 164 Å². The van der Waals surface area contributed by atoms with Gasteiger partial charge in [-0.05, 0) is 61.9 Å². The molecule has 6 nitrogen and oxygen atoms in total. The number of rotatable bonds is 6. The second kappa shape index (κ2) is 8.43. The molecule has 0 bridgehead atoms. The van der Waals surface area contributed by atoms with Crippen LogP contribution in [0.15, 0.2) is 59.8 Å². The number of amides is 1. The van der Waals surface area contributed by atoms with E-state index in [1.165, 1.54) is 0 Å². The average Bonchev–Trinajstić information content (AvgIpc) is 3.08. The summed E-state index contributed by atoms with van der Waals surface area (Å²) in [4.78, 5) is 12.4. The Balaban J connectivity index is 1.72. The van der Waals surface area contributed by atoms with Gasteiger partial charge in [0.25, 0.3) is 5.91 Å². The predicted molar refractivity (Wildman–Crippen MR) is 110 cm³/mol. The zero-order chi connectivity index (χ0) is 20.1. The highest BCUT2D eigenvalue weighted by molar-refractivity contribution is 5.97. The van der Waals surface area contributed by atoms with Gasteiger partial charge in [0, 0.05) is 23.1 Å². The molecule has 0 unspecified atom stereocenters. The molecule has 0 aliphatic rings. The molecule has 0 aliphatic heterocycles. The van der Waals surface area contributed by atoms with Crippen LogP contribution >= 0.6 is 0 Å². The van der Waals surface area contributed by atoms with Crippen molar-refractivity contribution in [2.75, 3.05) is 14.2 Å². The second-order valence-electron chi connectivity index (χ2n) is 6.39. The lowest BCUT2D eigenvalue weighted by Gasteiger charge is -2.07. The summed E-state index contributed by atoms with van der Waals surface area (Å²) in [5.74, 6) is 1.01. The van der Waals surface area contributed by atoms with Crippen molar-refractivity contribution in [3.8, 4) is 17.2 Å². The first-order valence-corrected chi connectivity index (χ1v) is 8.83. The van der Waals surface area contributed by atoms with E-state index in [-0.39, 0.29) is 5.91 Å². The number of hydrazone groups is 1. The monoisotopic (exact) mass is 377 g/mol. The molecule has 28 heavy (non-hydrogen) atoms. The number of hydrogen-bond acceptors (Lipinski definition) is 4. The van der Waals surface area contributed by atoms with Gasteiger partial charge < -0.3 is 14.0 Å². The van der Waals surface area contributed by atoms with E-state index in [2.05, 4.69) is 10.5 Å². The fraction of sp³-hybridized carbons (Fsp3) is 0.182. The molecule has 144 valence electrons. The van der Waals surface area contributed by atoms with E-state index in [0.29, 0.717) is 11.3 Å². The number of carbonyl (C=O) groups is 1. The molecule has 1 aromatic heterocycles. The van der Waals surface area contributed by atoms with Crippen molar-refractivity contribution in [1.29, 1.82) is 0 Å². The second-order valence-corrected chi connectivity index (χ2v) is 6.39. The highest BCUT2D eigenvalue weighted by Crippen LogP contribution is 2.20. The van der Waals surface area contributed by atoms with Crippen molar-refractivity contribution < 1.29 is 14.3 Å². The molecule has 1 amide bonds. The van der Waals surface area contributed by atoms with Gasteiger partial charge in [0.2, 0.25) is 0 Å². The predicted octanol–water partition coefficient (Wildman–Crippen LogP) is 3.88. The van der Waals surface area contributed by atoms with Crippen molar-refractivity contribution in [1.82, 2.24) is 9.99 Å². The van der Waals surface area contributed by atoms with Crippen LogP contribution in [-0.2, 0) is 0 Å². The van der Waals surface area contributed by atoms with Gasteiger partial charge in [-0.15, -0.1) is 0 Å².